The highest BCUT2D eigenvalue weighted by atomic mass is 32.2. The summed E-state index contributed by atoms with van der Waals surface area (Å²) >= 11 is 3.37. The van der Waals surface area contributed by atoms with Gasteiger partial charge in [-0.05, 0) is 23.8 Å². The summed E-state index contributed by atoms with van der Waals surface area (Å²) in [7, 11) is 0. The van der Waals surface area contributed by atoms with Crippen LogP contribution in [0.2, 0.25) is 0 Å². The van der Waals surface area contributed by atoms with Crippen LogP contribution in [0.15, 0.2) is 16.8 Å². The zero-order valence-corrected chi connectivity index (χ0v) is 12.8. The van der Waals surface area contributed by atoms with E-state index in [1.807, 2.05) is 33.5 Å². The lowest BCUT2D eigenvalue weighted by atomic mass is 10.1. The Bertz CT molecular complexity index is 485. The van der Waals surface area contributed by atoms with Crippen LogP contribution in [-0.2, 0) is 4.79 Å². The topological polar surface area (TPSA) is 49.4 Å². The predicted molar refractivity (Wildman–Crippen MR) is 82.2 cm³/mol. The summed E-state index contributed by atoms with van der Waals surface area (Å²) in [6.07, 6.45) is 0.996. The minimum absolute atomic E-state index is 0.00794. The molecule has 2 aliphatic heterocycles. The first-order chi connectivity index (χ1) is 9.74. The average Bonchev–Trinajstić information content (AvgIpc) is 3.05. The standard InChI is InChI=1S/C14H18N2O2S2/c17-13(11-2-4-19-7-11)15-5-10-1-3-16(6-10)14(18)12-8-20-9-12/h2,4,7,10,12H,1,3,5-6,8-9H2,(H,15,17)/t10-/m1/s1. The predicted octanol–water partition coefficient (Wildman–Crippen LogP) is 1.69. The summed E-state index contributed by atoms with van der Waals surface area (Å²) in [6.45, 7) is 2.31. The molecule has 1 N–H and O–H groups in total. The van der Waals surface area contributed by atoms with Crippen LogP contribution >= 0.6 is 23.1 Å². The molecule has 0 saturated carbocycles. The quantitative estimate of drug-likeness (QED) is 0.921. The Morgan fingerprint density at radius 3 is 2.90 bits per heavy atom. The first-order valence-electron chi connectivity index (χ1n) is 6.91. The molecule has 2 saturated heterocycles. The highest BCUT2D eigenvalue weighted by Crippen LogP contribution is 2.28. The molecular weight excluding hydrogens is 292 g/mol. The van der Waals surface area contributed by atoms with E-state index in [0.29, 0.717) is 18.4 Å². The highest BCUT2D eigenvalue weighted by Gasteiger charge is 2.34. The van der Waals surface area contributed by atoms with Gasteiger partial charge < -0.3 is 10.2 Å². The molecule has 0 unspecified atom stereocenters. The van der Waals surface area contributed by atoms with Crippen molar-refractivity contribution in [3.63, 3.8) is 0 Å². The molecule has 0 spiro atoms. The van der Waals surface area contributed by atoms with Gasteiger partial charge in [0.25, 0.3) is 5.91 Å². The fourth-order valence-corrected chi connectivity index (χ4v) is 3.96. The molecule has 0 radical (unpaired) electrons. The molecule has 1 aromatic rings. The number of amides is 2. The Balaban J connectivity index is 1.43. The summed E-state index contributed by atoms with van der Waals surface area (Å²) < 4.78 is 0. The molecule has 108 valence electrons. The number of carbonyl (C=O) groups excluding carboxylic acids is 2. The Kier molecular flexibility index (Phi) is 4.31. The lowest BCUT2D eigenvalue weighted by Gasteiger charge is -2.28. The van der Waals surface area contributed by atoms with Gasteiger partial charge in [-0.1, -0.05) is 0 Å². The largest absolute Gasteiger partial charge is 0.352 e. The molecule has 1 atom stereocenters. The zero-order valence-electron chi connectivity index (χ0n) is 11.2. The van der Waals surface area contributed by atoms with E-state index in [9.17, 15) is 9.59 Å². The van der Waals surface area contributed by atoms with Crippen molar-refractivity contribution in [1.29, 1.82) is 0 Å². The second-order valence-electron chi connectivity index (χ2n) is 5.40. The molecule has 0 bridgehead atoms. The van der Waals surface area contributed by atoms with E-state index in [-0.39, 0.29) is 11.8 Å². The van der Waals surface area contributed by atoms with E-state index in [4.69, 9.17) is 0 Å². The van der Waals surface area contributed by atoms with Crippen LogP contribution in [0.3, 0.4) is 0 Å². The van der Waals surface area contributed by atoms with Crippen molar-refractivity contribution in [2.45, 2.75) is 6.42 Å². The van der Waals surface area contributed by atoms with Gasteiger partial charge in [-0.3, -0.25) is 9.59 Å². The minimum atomic E-state index is -0.00794. The third-order valence-corrected chi connectivity index (χ3v) is 5.88. The summed E-state index contributed by atoms with van der Waals surface area (Å²) in [4.78, 5) is 26.0. The second-order valence-corrected chi connectivity index (χ2v) is 7.25. The van der Waals surface area contributed by atoms with Gasteiger partial charge in [0.05, 0.1) is 5.92 Å². The summed E-state index contributed by atoms with van der Waals surface area (Å²) in [5.41, 5.74) is 0.729. The van der Waals surface area contributed by atoms with E-state index < -0.39 is 0 Å². The average molecular weight is 310 g/mol. The van der Waals surface area contributed by atoms with Crippen LogP contribution in [0.1, 0.15) is 16.8 Å². The maximum atomic E-state index is 12.1. The fraction of sp³-hybridized carbons (Fsp3) is 0.571. The second kappa shape index (κ2) is 6.18. The Labute approximate surface area is 126 Å². The molecule has 0 aliphatic carbocycles. The molecule has 1 aromatic heterocycles. The first-order valence-corrected chi connectivity index (χ1v) is 9.00. The van der Waals surface area contributed by atoms with Crippen LogP contribution in [0.25, 0.3) is 0 Å². The number of likely N-dealkylation sites (tertiary alicyclic amines) is 1. The van der Waals surface area contributed by atoms with Crippen LogP contribution in [0, 0.1) is 11.8 Å². The molecule has 2 amide bonds. The van der Waals surface area contributed by atoms with Crippen LogP contribution < -0.4 is 5.32 Å². The van der Waals surface area contributed by atoms with Gasteiger partial charge in [-0.25, -0.2) is 0 Å². The Morgan fingerprint density at radius 2 is 2.25 bits per heavy atom. The third kappa shape index (κ3) is 3.01. The molecule has 2 fully saturated rings. The first kappa shape index (κ1) is 13.9. The monoisotopic (exact) mass is 310 g/mol. The van der Waals surface area contributed by atoms with Gasteiger partial charge in [0, 0.05) is 42.1 Å². The number of hydrogen-bond acceptors (Lipinski definition) is 4. The van der Waals surface area contributed by atoms with Crippen molar-refractivity contribution in [1.82, 2.24) is 10.2 Å². The van der Waals surface area contributed by atoms with Crippen LogP contribution in [0.5, 0.6) is 0 Å². The molecule has 4 nitrogen and oxygen atoms in total. The summed E-state index contributed by atoms with van der Waals surface area (Å²) in [5.74, 6) is 2.92. The van der Waals surface area contributed by atoms with Gasteiger partial charge in [0.15, 0.2) is 0 Å². The maximum Gasteiger partial charge on any atom is 0.252 e. The van der Waals surface area contributed by atoms with Crippen molar-refractivity contribution in [2.75, 3.05) is 31.1 Å². The van der Waals surface area contributed by atoms with Gasteiger partial charge in [0.2, 0.25) is 5.91 Å². The number of thiophene rings is 1. The minimum Gasteiger partial charge on any atom is -0.352 e. The third-order valence-electron chi connectivity index (χ3n) is 3.92. The molecule has 20 heavy (non-hydrogen) atoms. The van der Waals surface area contributed by atoms with E-state index in [2.05, 4.69) is 5.32 Å². The van der Waals surface area contributed by atoms with E-state index >= 15 is 0 Å². The smallest absolute Gasteiger partial charge is 0.252 e. The number of nitrogens with zero attached hydrogens (tertiary/aromatic N) is 1. The SMILES string of the molecule is O=C(NC[C@H]1CCN(C(=O)C2CSC2)C1)c1ccsc1. The summed E-state index contributed by atoms with van der Waals surface area (Å²) in [5, 5.41) is 6.73. The van der Waals surface area contributed by atoms with Crippen molar-refractivity contribution in [3.8, 4) is 0 Å². The van der Waals surface area contributed by atoms with E-state index in [0.717, 1.165) is 36.6 Å². The van der Waals surface area contributed by atoms with Crippen molar-refractivity contribution >= 4 is 34.9 Å². The molecule has 3 heterocycles. The van der Waals surface area contributed by atoms with Crippen LogP contribution in [0.4, 0.5) is 0 Å². The summed E-state index contributed by atoms with van der Waals surface area (Å²) in [6, 6.07) is 1.83. The molecule has 6 heteroatoms. The number of thioether (sulfide) groups is 1. The molecule has 0 aromatic carbocycles. The maximum absolute atomic E-state index is 12.1. The lowest BCUT2D eigenvalue weighted by Crippen LogP contribution is -2.40. The molecular formula is C14H18N2O2S2. The number of hydrogen-bond donors (Lipinski definition) is 1. The highest BCUT2D eigenvalue weighted by molar-refractivity contribution is 8.00. The number of rotatable bonds is 4. The van der Waals surface area contributed by atoms with Gasteiger partial charge in [-0.15, -0.1) is 0 Å². The fourth-order valence-electron chi connectivity index (χ4n) is 2.57. The normalized spacial score (nSPS) is 22.6. The lowest BCUT2D eigenvalue weighted by molar-refractivity contribution is -0.133. The molecule has 2 aliphatic rings. The number of carbonyl (C=O) groups is 2. The van der Waals surface area contributed by atoms with Gasteiger partial charge in [-0.2, -0.15) is 23.1 Å². The van der Waals surface area contributed by atoms with Crippen molar-refractivity contribution in [3.05, 3.63) is 22.4 Å². The van der Waals surface area contributed by atoms with Crippen LogP contribution in [-0.4, -0.2) is 47.9 Å². The molecule has 3 rings (SSSR count). The Morgan fingerprint density at radius 1 is 1.40 bits per heavy atom. The van der Waals surface area contributed by atoms with Crippen molar-refractivity contribution in [2.24, 2.45) is 11.8 Å². The Hall–Kier alpha value is -1.01. The van der Waals surface area contributed by atoms with Gasteiger partial charge in [0.1, 0.15) is 0 Å². The van der Waals surface area contributed by atoms with Gasteiger partial charge >= 0.3 is 0 Å². The zero-order chi connectivity index (χ0) is 13.9. The van der Waals surface area contributed by atoms with E-state index in [1.54, 1.807) is 0 Å². The van der Waals surface area contributed by atoms with Crippen molar-refractivity contribution < 1.29 is 9.59 Å². The van der Waals surface area contributed by atoms with E-state index in [1.165, 1.54) is 11.3 Å². The number of nitrogens with one attached hydrogen (secondary N) is 1.